The number of hydrogen-bond donors (Lipinski definition) is 3. The Morgan fingerprint density at radius 1 is 0.955 bits per heavy atom. The Morgan fingerprint density at radius 3 is 2.27 bits per heavy atom. The quantitative estimate of drug-likeness (QED) is 0.752. The van der Waals surface area contributed by atoms with Crippen LogP contribution < -0.4 is 10.6 Å². The van der Waals surface area contributed by atoms with Crippen LogP contribution in [0.4, 0.5) is 5.69 Å². The molecule has 114 valence electrons. The van der Waals surface area contributed by atoms with E-state index in [-0.39, 0.29) is 13.2 Å². The molecule has 5 nitrogen and oxygen atoms in total. The fraction of sp³-hybridized carbons (Fsp3) is 0.176. The van der Waals surface area contributed by atoms with Crippen LogP contribution in [0.3, 0.4) is 0 Å². The molecule has 3 N–H and O–H groups in total. The molecule has 0 aliphatic carbocycles. The predicted octanol–water partition coefficient (Wildman–Crippen LogP) is 1.74. The van der Waals surface area contributed by atoms with Gasteiger partial charge in [0.15, 0.2) is 0 Å². The first-order valence-corrected chi connectivity index (χ1v) is 6.94. The standard InChI is InChI=1S/C17H18N2O3/c1-12-6-2-5-9-15(12)19-17(22)16(21)18-10-13-7-3-4-8-14(13)11-20/h2-9,20H,10-11H2,1H3,(H,18,21)(H,19,22). The predicted molar refractivity (Wildman–Crippen MR) is 84.0 cm³/mol. The number of carbonyl (C=O) groups is 2. The highest BCUT2D eigenvalue weighted by Crippen LogP contribution is 2.13. The fourth-order valence-electron chi connectivity index (χ4n) is 2.03. The molecule has 0 spiro atoms. The van der Waals surface area contributed by atoms with E-state index in [4.69, 9.17) is 0 Å². The summed E-state index contributed by atoms with van der Waals surface area (Å²) in [5.41, 5.74) is 3.00. The highest BCUT2D eigenvalue weighted by molar-refractivity contribution is 6.39. The summed E-state index contributed by atoms with van der Waals surface area (Å²) < 4.78 is 0. The first-order chi connectivity index (χ1) is 10.6. The largest absolute Gasteiger partial charge is 0.392 e. The summed E-state index contributed by atoms with van der Waals surface area (Å²) in [6, 6.07) is 14.4. The third kappa shape index (κ3) is 3.93. The van der Waals surface area contributed by atoms with Crippen LogP contribution in [0.15, 0.2) is 48.5 Å². The number of rotatable bonds is 4. The summed E-state index contributed by atoms with van der Waals surface area (Å²) in [6.07, 6.45) is 0. The second-order valence-corrected chi connectivity index (χ2v) is 4.88. The van der Waals surface area contributed by atoms with Crippen molar-refractivity contribution in [3.8, 4) is 0 Å². The molecule has 2 rings (SSSR count). The second-order valence-electron chi connectivity index (χ2n) is 4.88. The Bertz CT molecular complexity index is 683. The number of nitrogens with one attached hydrogen (secondary N) is 2. The molecule has 2 aromatic rings. The molecule has 0 aliphatic heterocycles. The molecular weight excluding hydrogens is 280 g/mol. The third-order valence-electron chi connectivity index (χ3n) is 3.33. The molecule has 2 aromatic carbocycles. The molecule has 0 radical (unpaired) electrons. The zero-order valence-corrected chi connectivity index (χ0v) is 12.3. The Morgan fingerprint density at radius 2 is 1.59 bits per heavy atom. The molecule has 0 bridgehead atoms. The van der Waals surface area contributed by atoms with E-state index in [1.807, 2.05) is 31.2 Å². The normalized spacial score (nSPS) is 10.1. The van der Waals surface area contributed by atoms with Crippen molar-refractivity contribution in [1.29, 1.82) is 0 Å². The van der Waals surface area contributed by atoms with E-state index < -0.39 is 11.8 Å². The molecular formula is C17H18N2O3. The van der Waals surface area contributed by atoms with Gasteiger partial charge in [0, 0.05) is 12.2 Å². The monoisotopic (exact) mass is 298 g/mol. The average Bonchev–Trinajstić information content (AvgIpc) is 2.54. The van der Waals surface area contributed by atoms with Gasteiger partial charge in [0.05, 0.1) is 6.61 Å². The minimum absolute atomic E-state index is 0.110. The molecule has 22 heavy (non-hydrogen) atoms. The lowest BCUT2D eigenvalue weighted by Gasteiger charge is -2.10. The molecule has 0 unspecified atom stereocenters. The molecule has 0 heterocycles. The van der Waals surface area contributed by atoms with Crippen LogP contribution in [-0.4, -0.2) is 16.9 Å². The van der Waals surface area contributed by atoms with Crippen LogP contribution >= 0.6 is 0 Å². The van der Waals surface area contributed by atoms with Gasteiger partial charge in [-0.1, -0.05) is 42.5 Å². The lowest BCUT2D eigenvalue weighted by Crippen LogP contribution is -2.35. The Balaban J connectivity index is 1.95. The highest BCUT2D eigenvalue weighted by Gasteiger charge is 2.14. The van der Waals surface area contributed by atoms with Crippen LogP contribution in [0.25, 0.3) is 0 Å². The Hall–Kier alpha value is -2.66. The minimum atomic E-state index is -0.712. The maximum absolute atomic E-state index is 11.9. The number of anilines is 1. The van der Waals surface area contributed by atoms with Gasteiger partial charge in [0.25, 0.3) is 0 Å². The van der Waals surface area contributed by atoms with Gasteiger partial charge in [-0.3, -0.25) is 9.59 Å². The lowest BCUT2D eigenvalue weighted by atomic mass is 10.1. The van der Waals surface area contributed by atoms with Crippen LogP contribution in [-0.2, 0) is 22.7 Å². The van der Waals surface area contributed by atoms with E-state index in [0.29, 0.717) is 5.69 Å². The zero-order chi connectivity index (χ0) is 15.9. The first kappa shape index (κ1) is 15.7. The minimum Gasteiger partial charge on any atom is -0.392 e. The van der Waals surface area contributed by atoms with E-state index in [1.165, 1.54) is 0 Å². The van der Waals surface area contributed by atoms with Gasteiger partial charge in [0.2, 0.25) is 0 Å². The number of aliphatic hydroxyl groups is 1. The molecule has 2 amide bonds. The van der Waals surface area contributed by atoms with E-state index in [0.717, 1.165) is 16.7 Å². The van der Waals surface area contributed by atoms with Crippen LogP contribution in [0.1, 0.15) is 16.7 Å². The smallest absolute Gasteiger partial charge is 0.313 e. The van der Waals surface area contributed by atoms with Gasteiger partial charge in [-0.25, -0.2) is 0 Å². The van der Waals surface area contributed by atoms with E-state index in [2.05, 4.69) is 10.6 Å². The van der Waals surface area contributed by atoms with Crippen molar-refractivity contribution in [2.75, 3.05) is 5.32 Å². The number of hydrogen-bond acceptors (Lipinski definition) is 3. The first-order valence-electron chi connectivity index (χ1n) is 6.94. The molecule has 5 heteroatoms. The molecule has 0 fully saturated rings. The van der Waals surface area contributed by atoms with Crippen LogP contribution in [0, 0.1) is 6.92 Å². The fourth-order valence-corrected chi connectivity index (χ4v) is 2.03. The summed E-state index contributed by atoms with van der Waals surface area (Å²) in [5.74, 6) is -1.42. The van der Waals surface area contributed by atoms with Gasteiger partial charge in [-0.15, -0.1) is 0 Å². The summed E-state index contributed by atoms with van der Waals surface area (Å²) in [5, 5.41) is 14.4. The summed E-state index contributed by atoms with van der Waals surface area (Å²) in [7, 11) is 0. The third-order valence-corrected chi connectivity index (χ3v) is 3.33. The maximum Gasteiger partial charge on any atom is 0.313 e. The SMILES string of the molecule is Cc1ccccc1NC(=O)C(=O)NCc1ccccc1CO. The molecule has 0 aliphatic rings. The number of amides is 2. The van der Waals surface area contributed by atoms with Crippen molar-refractivity contribution in [3.05, 3.63) is 65.2 Å². The molecule has 0 saturated heterocycles. The van der Waals surface area contributed by atoms with Crippen molar-refractivity contribution < 1.29 is 14.7 Å². The summed E-state index contributed by atoms with van der Waals surface area (Å²) >= 11 is 0. The lowest BCUT2D eigenvalue weighted by molar-refractivity contribution is -0.136. The summed E-state index contributed by atoms with van der Waals surface area (Å²) in [4.78, 5) is 23.7. The number of aliphatic hydroxyl groups excluding tert-OH is 1. The number of aryl methyl sites for hydroxylation is 1. The van der Waals surface area contributed by atoms with E-state index >= 15 is 0 Å². The highest BCUT2D eigenvalue weighted by atomic mass is 16.3. The van der Waals surface area contributed by atoms with Crippen LogP contribution in [0.2, 0.25) is 0 Å². The zero-order valence-electron chi connectivity index (χ0n) is 12.3. The van der Waals surface area contributed by atoms with Crippen molar-refractivity contribution >= 4 is 17.5 Å². The Labute approximate surface area is 129 Å². The average molecular weight is 298 g/mol. The number of benzene rings is 2. The number of para-hydroxylation sites is 1. The van der Waals surface area contributed by atoms with Gasteiger partial charge in [-0.05, 0) is 29.7 Å². The van der Waals surface area contributed by atoms with Gasteiger partial charge < -0.3 is 15.7 Å². The van der Waals surface area contributed by atoms with Gasteiger partial charge in [-0.2, -0.15) is 0 Å². The van der Waals surface area contributed by atoms with Gasteiger partial charge in [0.1, 0.15) is 0 Å². The molecule has 0 atom stereocenters. The Kier molecular flexibility index (Phi) is 5.27. The number of carbonyl (C=O) groups excluding carboxylic acids is 2. The maximum atomic E-state index is 11.9. The van der Waals surface area contributed by atoms with Crippen LogP contribution in [0.5, 0.6) is 0 Å². The second kappa shape index (κ2) is 7.38. The van der Waals surface area contributed by atoms with Crippen molar-refractivity contribution in [3.63, 3.8) is 0 Å². The molecule has 0 saturated carbocycles. The topological polar surface area (TPSA) is 78.4 Å². The van der Waals surface area contributed by atoms with Crippen molar-refractivity contribution in [2.24, 2.45) is 0 Å². The molecule has 0 aromatic heterocycles. The van der Waals surface area contributed by atoms with Gasteiger partial charge >= 0.3 is 11.8 Å². The summed E-state index contributed by atoms with van der Waals surface area (Å²) in [6.45, 7) is 1.93. The van der Waals surface area contributed by atoms with E-state index in [9.17, 15) is 14.7 Å². The van der Waals surface area contributed by atoms with E-state index in [1.54, 1.807) is 24.3 Å². The van der Waals surface area contributed by atoms with Crippen molar-refractivity contribution in [2.45, 2.75) is 20.1 Å². The van der Waals surface area contributed by atoms with Crippen molar-refractivity contribution in [1.82, 2.24) is 5.32 Å².